The first-order valence-corrected chi connectivity index (χ1v) is 7.86. The molecule has 23 heavy (non-hydrogen) atoms. The number of hydrogen-bond acceptors (Lipinski definition) is 3. The van der Waals surface area contributed by atoms with Crippen molar-refractivity contribution >= 4 is 11.9 Å². The van der Waals surface area contributed by atoms with Crippen LogP contribution in [0.2, 0.25) is 0 Å². The molecule has 0 aliphatic rings. The van der Waals surface area contributed by atoms with Crippen LogP contribution in [0, 0.1) is 5.41 Å². The lowest BCUT2D eigenvalue weighted by atomic mass is 9.88. The van der Waals surface area contributed by atoms with Gasteiger partial charge in [0.1, 0.15) is 11.8 Å². The molecule has 0 heterocycles. The summed E-state index contributed by atoms with van der Waals surface area (Å²) in [6.07, 6.45) is 1.98. The third-order valence-electron chi connectivity index (χ3n) is 3.59. The molecule has 1 unspecified atom stereocenters. The summed E-state index contributed by atoms with van der Waals surface area (Å²) in [5.74, 6) is -0.477. The lowest BCUT2D eigenvalue weighted by molar-refractivity contribution is -0.142. The van der Waals surface area contributed by atoms with Crippen molar-refractivity contribution in [2.75, 3.05) is 7.11 Å². The second kappa shape index (κ2) is 8.56. The van der Waals surface area contributed by atoms with Crippen LogP contribution in [0.4, 0.5) is 0 Å². The molecule has 1 aromatic carbocycles. The summed E-state index contributed by atoms with van der Waals surface area (Å²) >= 11 is 0. The minimum Gasteiger partial charge on any atom is -0.497 e. The molecule has 0 radical (unpaired) electrons. The Kier molecular flexibility index (Phi) is 7.07. The van der Waals surface area contributed by atoms with E-state index in [0.29, 0.717) is 12.8 Å². The van der Waals surface area contributed by atoms with Crippen LogP contribution in [0.1, 0.15) is 45.6 Å². The van der Waals surface area contributed by atoms with Crippen molar-refractivity contribution in [3.8, 4) is 5.75 Å². The summed E-state index contributed by atoms with van der Waals surface area (Å²) in [6.45, 7) is 6.16. The molecule has 2 N–H and O–H groups in total. The van der Waals surface area contributed by atoms with E-state index in [9.17, 15) is 14.7 Å². The molecule has 0 fully saturated rings. The predicted molar refractivity (Wildman–Crippen MR) is 89.6 cm³/mol. The minimum absolute atomic E-state index is 0.0407. The van der Waals surface area contributed by atoms with E-state index >= 15 is 0 Å². The number of nitrogens with one attached hydrogen (secondary N) is 1. The van der Waals surface area contributed by atoms with Crippen LogP contribution >= 0.6 is 0 Å². The number of amides is 1. The van der Waals surface area contributed by atoms with Crippen molar-refractivity contribution in [1.29, 1.82) is 0 Å². The number of carbonyl (C=O) groups excluding carboxylic acids is 1. The average Bonchev–Trinajstić information content (AvgIpc) is 2.48. The second-order valence-electron chi connectivity index (χ2n) is 6.91. The summed E-state index contributed by atoms with van der Waals surface area (Å²) in [4.78, 5) is 23.3. The summed E-state index contributed by atoms with van der Waals surface area (Å²) in [5.41, 5.74) is 1.03. The van der Waals surface area contributed by atoms with E-state index in [1.165, 1.54) is 0 Å². The van der Waals surface area contributed by atoms with Crippen molar-refractivity contribution in [2.24, 2.45) is 5.41 Å². The summed E-state index contributed by atoms with van der Waals surface area (Å²) in [6, 6.07) is 6.68. The molecule has 1 atom stereocenters. The Balaban J connectivity index is 2.50. The Bertz CT molecular complexity index is 534. The van der Waals surface area contributed by atoms with Gasteiger partial charge >= 0.3 is 5.97 Å². The fourth-order valence-corrected chi connectivity index (χ4v) is 2.19. The van der Waals surface area contributed by atoms with E-state index < -0.39 is 12.0 Å². The first-order valence-electron chi connectivity index (χ1n) is 7.86. The lowest BCUT2D eigenvalue weighted by Gasteiger charge is -2.21. The van der Waals surface area contributed by atoms with Crippen molar-refractivity contribution in [1.82, 2.24) is 5.32 Å². The summed E-state index contributed by atoms with van der Waals surface area (Å²) < 4.78 is 5.14. The maximum Gasteiger partial charge on any atom is 0.326 e. The Morgan fingerprint density at radius 3 is 2.57 bits per heavy atom. The lowest BCUT2D eigenvalue weighted by Crippen LogP contribution is -2.41. The third kappa shape index (κ3) is 7.68. The van der Waals surface area contributed by atoms with Crippen molar-refractivity contribution in [2.45, 2.75) is 52.5 Å². The van der Waals surface area contributed by atoms with Gasteiger partial charge in [-0.2, -0.15) is 0 Å². The van der Waals surface area contributed by atoms with Crippen LogP contribution in [-0.2, 0) is 16.0 Å². The van der Waals surface area contributed by atoms with E-state index in [2.05, 4.69) is 26.1 Å². The first kappa shape index (κ1) is 19.0. The van der Waals surface area contributed by atoms with Gasteiger partial charge in [0.25, 0.3) is 0 Å². The molecule has 1 aromatic rings. The molecule has 5 heteroatoms. The highest BCUT2D eigenvalue weighted by molar-refractivity contribution is 5.83. The number of carboxylic acids is 1. The van der Waals surface area contributed by atoms with E-state index in [-0.39, 0.29) is 17.7 Å². The van der Waals surface area contributed by atoms with Crippen LogP contribution < -0.4 is 10.1 Å². The molecule has 1 rings (SSSR count). The molecule has 0 saturated carbocycles. The van der Waals surface area contributed by atoms with Crippen molar-refractivity contribution in [3.63, 3.8) is 0 Å². The molecule has 0 aliphatic heterocycles. The van der Waals surface area contributed by atoms with E-state index in [0.717, 1.165) is 17.7 Å². The average molecular weight is 321 g/mol. The van der Waals surface area contributed by atoms with Crippen LogP contribution in [0.15, 0.2) is 24.3 Å². The predicted octanol–water partition coefficient (Wildman–Crippen LogP) is 3.02. The SMILES string of the molecule is COc1cccc(CCC(=O)NC(CCC(C)(C)C)C(=O)O)c1. The van der Waals surface area contributed by atoms with Gasteiger partial charge in [-0.05, 0) is 42.4 Å². The van der Waals surface area contributed by atoms with E-state index in [4.69, 9.17) is 4.74 Å². The molecule has 0 bridgehead atoms. The number of rotatable bonds is 8. The number of hydrogen-bond donors (Lipinski definition) is 2. The first-order chi connectivity index (χ1) is 10.7. The summed E-state index contributed by atoms with van der Waals surface area (Å²) in [5, 5.41) is 11.9. The standard InChI is InChI=1S/C18H27NO4/c1-18(2,3)11-10-15(17(21)22)19-16(20)9-8-13-6-5-7-14(12-13)23-4/h5-7,12,15H,8-11H2,1-4H3,(H,19,20)(H,21,22). The largest absolute Gasteiger partial charge is 0.497 e. The van der Waals surface area contributed by atoms with E-state index in [1.807, 2.05) is 24.3 Å². The van der Waals surface area contributed by atoms with Crippen LogP contribution in [0.25, 0.3) is 0 Å². The van der Waals surface area contributed by atoms with Gasteiger partial charge in [0.15, 0.2) is 0 Å². The molecule has 128 valence electrons. The van der Waals surface area contributed by atoms with Gasteiger partial charge in [-0.25, -0.2) is 4.79 Å². The van der Waals surface area contributed by atoms with Crippen LogP contribution in [-0.4, -0.2) is 30.1 Å². The van der Waals surface area contributed by atoms with Crippen molar-refractivity contribution in [3.05, 3.63) is 29.8 Å². The highest BCUT2D eigenvalue weighted by Crippen LogP contribution is 2.21. The van der Waals surface area contributed by atoms with Gasteiger partial charge in [0, 0.05) is 6.42 Å². The number of ether oxygens (including phenoxy) is 1. The zero-order chi connectivity index (χ0) is 17.5. The molecule has 0 aliphatic carbocycles. The van der Waals surface area contributed by atoms with Crippen LogP contribution in [0.3, 0.4) is 0 Å². The minimum atomic E-state index is -0.982. The maximum absolute atomic E-state index is 12.0. The van der Waals surface area contributed by atoms with Crippen molar-refractivity contribution < 1.29 is 19.4 Å². The van der Waals surface area contributed by atoms with Crippen LogP contribution in [0.5, 0.6) is 5.75 Å². The highest BCUT2D eigenvalue weighted by Gasteiger charge is 2.22. The zero-order valence-corrected chi connectivity index (χ0v) is 14.4. The number of carboxylic acid groups (broad SMARTS) is 1. The quantitative estimate of drug-likeness (QED) is 0.771. The summed E-state index contributed by atoms with van der Waals surface area (Å²) in [7, 11) is 1.60. The molecule has 0 aromatic heterocycles. The molecular formula is C18H27NO4. The maximum atomic E-state index is 12.0. The molecule has 0 spiro atoms. The number of benzene rings is 1. The number of aliphatic carboxylic acids is 1. The zero-order valence-electron chi connectivity index (χ0n) is 14.4. The Morgan fingerprint density at radius 1 is 1.30 bits per heavy atom. The Morgan fingerprint density at radius 2 is 2.00 bits per heavy atom. The normalized spacial score (nSPS) is 12.5. The molecular weight excluding hydrogens is 294 g/mol. The fourth-order valence-electron chi connectivity index (χ4n) is 2.19. The second-order valence-corrected chi connectivity index (χ2v) is 6.91. The molecule has 0 saturated heterocycles. The highest BCUT2D eigenvalue weighted by atomic mass is 16.5. The van der Waals surface area contributed by atoms with Gasteiger partial charge in [0.2, 0.25) is 5.91 Å². The van der Waals surface area contributed by atoms with Gasteiger partial charge < -0.3 is 15.2 Å². The number of methoxy groups -OCH3 is 1. The fraction of sp³-hybridized carbons (Fsp3) is 0.556. The third-order valence-corrected chi connectivity index (χ3v) is 3.59. The topological polar surface area (TPSA) is 75.6 Å². The Hall–Kier alpha value is -2.04. The van der Waals surface area contributed by atoms with Gasteiger partial charge in [-0.3, -0.25) is 4.79 Å². The van der Waals surface area contributed by atoms with Gasteiger partial charge in [-0.15, -0.1) is 0 Å². The molecule has 5 nitrogen and oxygen atoms in total. The van der Waals surface area contributed by atoms with E-state index in [1.54, 1.807) is 7.11 Å². The van der Waals surface area contributed by atoms with Gasteiger partial charge in [0.05, 0.1) is 7.11 Å². The number of carbonyl (C=O) groups is 2. The Labute approximate surface area is 138 Å². The smallest absolute Gasteiger partial charge is 0.326 e. The molecule has 1 amide bonds. The monoisotopic (exact) mass is 321 g/mol. The number of aryl methyl sites for hydroxylation is 1. The van der Waals surface area contributed by atoms with Gasteiger partial charge in [-0.1, -0.05) is 32.9 Å².